The van der Waals surface area contributed by atoms with Crippen molar-refractivity contribution in [1.29, 1.82) is 0 Å². The summed E-state index contributed by atoms with van der Waals surface area (Å²) in [4.78, 5) is 82.6. The van der Waals surface area contributed by atoms with Crippen LogP contribution in [0, 0.1) is 0 Å². The van der Waals surface area contributed by atoms with Crippen molar-refractivity contribution < 1.29 is 93.0 Å². The second-order valence-corrected chi connectivity index (χ2v) is 22.8. The molecule has 7 aromatic carbocycles. The Morgan fingerprint density at radius 2 is 1.22 bits per heavy atom. The number of aliphatic imine (C=N–C) groups is 1. The number of nitrogens with one attached hydrogen (secondary N) is 2. The zero-order valence-corrected chi connectivity index (χ0v) is 54.5. The number of fused-ring (bicyclic) bond motifs is 6. The van der Waals surface area contributed by atoms with E-state index in [-0.39, 0.29) is 28.8 Å². The fourth-order valence-corrected chi connectivity index (χ4v) is 11.7. The summed E-state index contributed by atoms with van der Waals surface area (Å²) in [7, 11) is 0. The Hall–Kier alpha value is -11.7. The third-order valence-electron chi connectivity index (χ3n) is 15.0. The molecule has 24 heteroatoms. The standard InChI is InChI=1S/C16H10O4.C14H15ClN2O3.C12H12O3.C12H12O2S.C10H9NO3.C10H8O4/c17-15(18)13(10-6-2-1-3-7-10)14-11-8-4-5-9-12(11)20-16(14)19;1-3-20-12-10-7-5-4-6-9(10)11(8(2)13(18)19)16-14(15)17-12;1-2-8-3-4-11-10(5-8)9(7-15-11)6-12(13)14;13-12(14)8-9-4-3-7-15-11-6-2-1-5-10(9)11;12-9(10(13)14)7-5-11-8-4-2-1-3-6(7)8;11-10(12)5-9-7-3-1-2-4-8(7)13-6-14-9/h1-9H,(H,17,18);4-7,12H,3H2,1-2H3,(H,16,17)(H,18,19);3-6H,2,7H2,1H3,(H,13,14);1-2,5-6,8H,3-4,7H2,(H,13,14);1-4,11-12H,5H2,(H,13,14);1-5H,6H2,(H,11,12)/b14-13-;11-8-;9-6+;9-8+;9-7-;9-5-. The van der Waals surface area contributed by atoms with Crippen LogP contribution in [-0.4, -0.2) is 115 Å². The Bertz CT molecular complexity index is 4420. The Balaban J connectivity index is 0.000000151. The number of carboxylic acid groups (broad SMARTS) is 6. The van der Waals surface area contributed by atoms with Crippen LogP contribution in [0.3, 0.4) is 0 Å². The van der Waals surface area contributed by atoms with Gasteiger partial charge in [-0.3, -0.25) is 0 Å². The zero-order valence-electron chi connectivity index (χ0n) is 52.9. The molecular formula is C74H66ClN3O19S. The molecule has 504 valence electrons. The van der Waals surface area contributed by atoms with E-state index in [1.165, 1.54) is 29.5 Å². The summed E-state index contributed by atoms with van der Waals surface area (Å²) in [6, 6.07) is 51.1. The van der Waals surface area contributed by atoms with Crippen molar-refractivity contribution in [2.24, 2.45) is 4.99 Å². The number of amidine groups is 1. The predicted molar refractivity (Wildman–Crippen MR) is 370 cm³/mol. The lowest BCUT2D eigenvalue weighted by molar-refractivity contribution is -0.135. The molecule has 6 aliphatic rings. The van der Waals surface area contributed by atoms with Crippen LogP contribution in [0.25, 0.3) is 39.3 Å². The highest BCUT2D eigenvalue weighted by atomic mass is 35.5. The fourth-order valence-electron chi connectivity index (χ4n) is 10.4. The van der Waals surface area contributed by atoms with Crippen molar-refractivity contribution in [3.63, 3.8) is 0 Å². The molecule has 0 amide bonds. The average molecular weight is 1370 g/mol. The van der Waals surface area contributed by atoms with Crippen molar-refractivity contribution in [1.82, 2.24) is 5.32 Å². The highest BCUT2D eigenvalue weighted by molar-refractivity contribution is 7.99. The minimum atomic E-state index is -1.29. The summed E-state index contributed by atoms with van der Waals surface area (Å²) < 4.78 is 26.3. The van der Waals surface area contributed by atoms with Gasteiger partial charge in [-0.25, -0.2) is 38.6 Å². The van der Waals surface area contributed by atoms with Gasteiger partial charge >= 0.3 is 41.8 Å². The molecule has 9 N–H and O–H groups in total. The van der Waals surface area contributed by atoms with Gasteiger partial charge < -0.3 is 70.1 Å². The summed E-state index contributed by atoms with van der Waals surface area (Å²) in [5.41, 5.74) is 10.8. The van der Waals surface area contributed by atoms with Gasteiger partial charge in [0, 0.05) is 74.9 Å². The first-order chi connectivity index (χ1) is 47.2. The lowest BCUT2D eigenvalue weighted by Gasteiger charge is -2.19. The molecule has 6 aliphatic heterocycles. The summed E-state index contributed by atoms with van der Waals surface area (Å²) in [5.74, 6) is -4.28. The largest absolute Gasteiger partial charge is 0.502 e. The molecule has 98 heavy (non-hydrogen) atoms. The minimum Gasteiger partial charge on any atom is -0.502 e. The molecule has 1 unspecified atom stereocenters. The number of para-hydroxylation sites is 3. The molecule has 0 saturated heterocycles. The number of esters is 1. The van der Waals surface area contributed by atoms with Gasteiger partial charge in [0.15, 0.2) is 11.5 Å². The summed E-state index contributed by atoms with van der Waals surface area (Å²) in [5, 5.41) is 68.6. The van der Waals surface area contributed by atoms with Gasteiger partial charge in [-0.2, -0.15) is 0 Å². The maximum absolute atomic E-state index is 12.0. The lowest BCUT2D eigenvalue weighted by Crippen LogP contribution is -2.19. The van der Waals surface area contributed by atoms with Crippen molar-refractivity contribution in [2.75, 3.05) is 37.6 Å². The second kappa shape index (κ2) is 34.7. The number of hydrogen-bond acceptors (Lipinski definition) is 17. The molecule has 0 saturated carbocycles. The highest BCUT2D eigenvalue weighted by Crippen LogP contribution is 2.40. The van der Waals surface area contributed by atoms with E-state index in [9.17, 15) is 48.9 Å². The van der Waals surface area contributed by atoms with E-state index in [1.54, 1.807) is 96.7 Å². The summed E-state index contributed by atoms with van der Waals surface area (Å²) in [6.45, 7) is 6.69. The first kappa shape index (κ1) is 72.2. The number of aliphatic hydroxyl groups is 1. The number of thioether (sulfide) groups is 1. The van der Waals surface area contributed by atoms with Crippen LogP contribution in [0.15, 0.2) is 209 Å². The number of aliphatic carboxylic acids is 6. The number of rotatable bonds is 10. The third kappa shape index (κ3) is 18.8. The average Bonchev–Trinajstić information content (AvgIpc) is 1.62. The Kier molecular flexibility index (Phi) is 25.5. The second-order valence-electron chi connectivity index (χ2n) is 21.3. The van der Waals surface area contributed by atoms with Gasteiger partial charge in [-0.15, -0.1) is 11.8 Å². The maximum atomic E-state index is 12.0. The molecule has 6 heterocycles. The van der Waals surface area contributed by atoms with E-state index < -0.39 is 53.8 Å². The first-order valence-electron chi connectivity index (χ1n) is 30.3. The number of anilines is 1. The van der Waals surface area contributed by atoms with Gasteiger partial charge in [0.2, 0.25) is 12.6 Å². The molecule has 0 spiro atoms. The predicted octanol–water partition coefficient (Wildman–Crippen LogP) is 13.4. The van der Waals surface area contributed by atoms with E-state index in [0.29, 0.717) is 65.0 Å². The molecule has 0 aliphatic carbocycles. The van der Waals surface area contributed by atoms with Crippen LogP contribution in [0.5, 0.6) is 17.2 Å². The molecule has 7 aromatic rings. The Morgan fingerprint density at radius 3 is 1.89 bits per heavy atom. The zero-order chi connectivity index (χ0) is 70.4. The van der Waals surface area contributed by atoms with Gasteiger partial charge in [0.05, 0.1) is 34.1 Å². The number of carboxylic acids is 6. The molecule has 0 radical (unpaired) electrons. The number of ether oxygens (including phenoxy) is 5. The number of hydrogen-bond donors (Lipinski definition) is 9. The number of allylic oxidation sites excluding steroid dienone is 1. The molecule has 0 fully saturated rings. The van der Waals surface area contributed by atoms with Crippen LogP contribution < -0.4 is 24.8 Å². The quantitative estimate of drug-likeness (QED) is 0.0202. The highest BCUT2D eigenvalue weighted by Gasteiger charge is 2.33. The fraction of sp³-hybridized carbons (Fsp3) is 0.162. The van der Waals surface area contributed by atoms with Crippen molar-refractivity contribution in [3.8, 4) is 17.2 Å². The van der Waals surface area contributed by atoms with Gasteiger partial charge in [-0.05, 0) is 115 Å². The lowest BCUT2D eigenvalue weighted by atomic mass is 9.95. The number of aliphatic hydroxyl groups excluding tert-OH is 1. The third-order valence-corrected chi connectivity index (χ3v) is 16.3. The number of aryl methyl sites for hydroxylation is 1. The van der Waals surface area contributed by atoms with Crippen LogP contribution >= 0.6 is 23.4 Å². The molecule has 22 nitrogen and oxygen atoms in total. The van der Waals surface area contributed by atoms with Crippen LogP contribution in [-0.2, 0) is 49.5 Å². The Morgan fingerprint density at radius 1 is 0.622 bits per heavy atom. The van der Waals surface area contributed by atoms with Gasteiger partial charge in [0.25, 0.3) is 0 Å². The molecule has 13 rings (SSSR count). The monoisotopic (exact) mass is 1370 g/mol. The normalized spacial score (nSPS) is 17.4. The van der Waals surface area contributed by atoms with E-state index in [1.807, 2.05) is 85.8 Å². The number of carbonyl (C=O) groups is 7. The van der Waals surface area contributed by atoms with Crippen molar-refractivity contribution >= 4 is 115 Å². The van der Waals surface area contributed by atoms with Crippen molar-refractivity contribution in [2.45, 2.75) is 51.2 Å². The van der Waals surface area contributed by atoms with E-state index in [4.69, 9.17) is 55.7 Å². The SMILES string of the molecule is CCOC1N=C(Cl)N/C(=C(/C)C(=O)O)c2ccccc21.CCc1ccc2c(c1)/C(=C/C(=O)O)CO2.O=C(O)/C(=C1\C(=O)Oc2ccccc21)c1ccccc1.O=C(O)/C(O)=C1\CNc2ccccc21.O=C(O)/C=C1\CCCSc2ccccc21.O=C(O)/C=C1\OCOc2ccccc21. The molecule has 0 aromatic heterocycles. The summed E-state index contributed by atoms with van der Waals surface area (Å²) >= 11 is 7.82. The van der Waals surface area contributed by atoms with E-state index in [2.05, 4.69) is 28.6 Å². The number of nitrogens with zero attached hydrogens (tertiary/aromatic N) is 1. The van der Waals surface area contributed by atoms with Crippen LogP contribution in [0.1, 0.15) is 89.9 Å². The van der Waals surface area contributed by atoms with Crippen LogP contribution in [0.4, 0.5) is 5.69 Å². The van der Waals surface area contributed by atoms with Crippen molar-refractivity contribution in [3.05, 3.63) is 249 Å². The number of benzene rings is 7. The van der Waals surface area contributed by atoms with Gasteiger partial charge in [-0.1, -0.05) is 134 Å². The van der Waals surface area contributed by atoms with E-state index in [0.717, 1.165) is 81.5 Å². The topological polar surface area (TPSA) is 344 Å². The first-order valence-corrected chi connectivity index (χ1v) is 31.7. The van der Waals surface area contributed by atoms with E-state index >= 15 is 0 Å². The molecule has 1 atom stereocenters. The Labute approximate surface area is 571 Å². The number of halogens is 1. The number of carbonyl (C=O) groups excluding carboxylic acids is 1. The van der Waals surface area contributed by atoms with Crippen LogP contribution in [0.2, 0.25) is 0 Å². The maximum Gasteiger partial charge on any atom is 0.371 e. The molecule has 0 bridgehead atoms. The van der Waals surface area contributed by atoms with Gasteiger partial charge in [0.1, 0.15) is 29.6 Å². The molecular weight excluding hydrogens is 1300 g/mol. The minimum absolute atomic E-state index is 0.0412. The smallest absolute Gasteiger partial charge is 0.371 e. The summed E-state index contributed by atoms with van der Waals surface area (Å²) in [6.07, 6.45) is 5.87.